The maximum absolute atomic E-state index is 12.9. The van der Waals surface area contributed by atoms with Gasteiger partial charge in [-0.05, 0) is 44.0 Å². The molecule has 0 aliphatic heterocycles. The van der Waals surface area contributed by atoms with Crippen molar-refractivity contribution in [2.75, 3.05) is 5.32 Å². The van der Waals surface area contributed by atoms with E-state index < -0.39 is 29.3 Å². The summed E-state index contributed by atoms with van der Waals surface area (Å²) in [5, 5.41) is 11.3. The molecule has 10 heteroatoms. The van der Waals surface area contributed by atoms with Crippen LogP contribution in [0.3, 0.4) is 0 Å². The molecule has 1 aromatic carbocycles. The predicted molar refractivity (Wildman–Crippen MR) is 86.1 cm³/mol. The fourth-order valence-electron chi connectivity index (χ4n) is 1.80. The third-order valence-electron chi connectivity index (χ3n) is 2.74. The van der Waals surface area contributed by atoms with Crippen molar-refractivity contribution in [3.05, 3.63) is 48.5 Å². The minimum Gasteiger partial charge on any atom is -0.478 e. The molecule has 1 amide bonds. The van der Waals surface area contributed by atoms with Gasteiger partial charge in [-0.25, -0.2) is 4.79 Å². The number of benzene rings is 1. The maximum atomic E-state index is 12.9. The van der Waals surface area contributed by atoms with Crippen molar-refractivity contribution in [2.24, 2.45) is 0 Å². The predicted octanol–water partition coefficient (Wildman–Crippen LogP) is 5.24. The SMILES string of the molecule is O=C(O)c1c(Br)sc(Br)c1C(=O)Nc1ccccc1C(F)(F)F. The lowest BCUT2D eigenvalue weighted by atomic mass is 10.1. The first-order chi connectivity index (χ1) is 10.6. The Morgan fingerprint density at radius 2 is 1.65 bits per heavy atom. The zero-order valence-corrected chi connectivity index (χ0v) is 14.9. The second-order valence-electron chi connectivity index (χ2n) is 4.20. The first kappa shape index (κ1) is 18.0. The number of halogens is 5. The van der Waals surface area contributed by atoms with Crippen LogP contribution in [0.15, 0.2) is 31.8 Å². The molecule has 4 nitrogen and oxygen atoms in total. The van der Waals surface area contributed by atoms with Crippen molar-refractivity contribution in [3.63, 3.8) is 0 Å². The molecule has 0 spiro atoms. The van der Waals surface area contributed by atoms with Gasteiger partial charge in [0.15, 0.2) is 0 Å². The van der Waals surface area contributed by atoms with E-state index in [-0.39, 0.29) is 18.7 Å². The number of anilines is 1. The number of amides is 1. The minimum atomic E-state index is -4.65. The fraction of sp³-hybridized carbons (Fsp3) is 0.0769. The number of alkyl halides is 3. The van der Waals surface area contributed by atoms with Crippen molar-refractivity contribution in [1.29, 1.82) is 0 Å². The summed E-state index contributed by atoms with van der Waals surface area (Å²) in [5.41, 5.74) is -2.03. The number of carbonyl (C=O) groups excluding carboxylic acids is 1. The Morgan fingerprint density at radius 1 is 1.09 bits per heavy atom. The molecule has 0 fully saturated rings. The highest BCUT2D eigenvalue weighted by molar-refractivity contribution is 9.12. The summed E-state index contributed by atoms with van der Waals surface area (Å²) in [5.74, 6) is -2.32. The van der Waals surface area contributed by atoms with E-state index in [0.717, 1.165) is 23.5 Å². The molecular weight excluding hydrogens is 467 g/mol. The summed E-state index contributed by atoms with van der Waals surface area (Å²) >= 11 is 7.01. The summed E-state index contributed by atoms with van der Waals surface area (Å²) in [6.07, 6.45) is -4.65. The van der Waals surface area contributed by atoms with E-state index in [0.29, 0.717) is 0 Å². The number of nitrogens with one attached hydrogen (secondary N) is 1. The highest BCUT2D eigenvalue weighted by atomic mass is 79.9. The maximum Gasteiger partial charge on any atom is 0.418 e. The molecule has 2 aromatic rings. The Morgan fingerprint density at radius 3 is 2.22 bits per heavy atom. The first-order valence-electron chi connectivity index (χ1n) is 5.81. The van der Waals surface area contributed by atoms with Crippen molar-refractivity contribution in [3.8, 4) is 0 Å². The van der Waals surface area contributed by atoms with E-state index >= 15 is 0 Å². The number of thiophene rings is 1. The molecule has 2 rings (SSSR count). The minimum absolute atomic E-state index is 0.186. The van der Waals surface area contributed by atoms with E-state index in [1.165, 1.54) is 12.1 Å². The van der Waals surface area contributed by atoms with Crippen LogP contribution < -0.4 is 5.32 Å². The molecule has 0 radical (unpaired) electrons. The van der Waals surface area contributed by atoms with Crippen molar-refractivity contribution >= 4 is 60.8 Å². The number of carboxylic acid groups (broad SMARTS) is 1. The van der Waals surface area contributed by atoms with Gasteiger partial charge in [-0.2, -0.15) is 13.2 Å². The normalized spacial score (nSPS) is 11.3. The molecule has 0 saturated carbocycles. The first-order valence-corrected chi connectivity index (χ1v) is 8.21. The van der Waals surface area contributed by atoms with Crippen molar-refractivity contribution < 1.29 is 27.9 Å². The Bertz CT molecular complexity index is 789. The smallest absolute Gasteiger partial charge is 0.418 e. The van der Waals surface area contributed by atoms with E-state index in [1.54, 1.807) is 0 Å². The lowest BCUT2D eigenvalue weighted by Crippen LogP contribution is -2.18. The van der Waals surface area contributed by atoms with Crippen LogP contribution in [-0.4, -0.2) is 17.0 Å². The molecule has 0 saturated heterocycles. The summed E-state index contributed by atoms with van der Waals surface area (Å²) in [7, 11) is 0. The van der Waals surface area contributed by atoms with Crippen LogP contribution in [0.1, 0.15) is 26.3 Å². The summed E-state index contributed by atoms with van der Waals surface area (Å²) < 4.78 is 39.2. The van der Waals surface area contributed by atoms with Crippen molar-refractivity contribution in [2.45, 2.75) is 6.18 Å². The quantitative estimate of drug-likeness (QED) is 0.641. The molecule has 0 aliphatic rings. The van der Waals surface area contributed by atoms with Gasteiger partial charge >= 0.3 is 12.1 Å². The van der Waals surface area contributed by atoms with E-state index in [9.17, 15) is 22.8 Å². The number of para-hydroxylation sites is 1. The number of carbonyl (C=O) groups is 2. The average Bonchev–Trinajstić information content (AvgIpc) is 2.73. The topological polar surface area (TPSA) is 66.4 Å². The van der Waals surface area contributed by atoms with Gasteiger partial charge < -0.3 is 10.4 Å². The molecular formula is C13H6Br2F3NO3S. The van der Waals surface area contributed by atoms with Gasteiger partial charge in [0.1, 0.15) is 0 Å². The Labute approximate surface area is 148 Å². The molecule has 1 aromatic heterocycles. The zero-order chi connectivity index (χ0) is 17.4. The van der Waals surface area contributed by atoms with Crippen LogP contribution in [0.25, 0.3) is 0 Å². The number of hydrogen-bond acceptors (Lipinski definition) is 3. The van der Waals surface area contributed by atoms with Crippen LogP contribution in [0.5, 0.6) is 0 Å². The Hall–Kier alpha value is -1.39. The largest absolute Gasteiger partial charge is 0.478 e. The van der Waals surface area contributed by atoms with Gasteiger partial charge in [0.05, 0.1) is 30.0 Å². The molecule has 0 unspecified atom stereocenters. The van der Waals surface area contributed by atoms with Crippen LogP contribution in [0.2, 0.25) is 0 Å². The van der Waals surface area contributed by atoms with Crippen LogP contribution >= 0.6 is 43.2 Å². The number of carboxylic acids is 1. The fourth-order valence-corrected chi connectivity index (χ4v) is 4.91. The zero-order valence-electron chi connectivity index (χ0n) is 10.9. The lowest BCUT2D eigenvalue weighted by Gasteiger charge is -2.13. The summed E-state index contributed by atoms with van der Waals surface area (Å²) in [6.45, 7) is 0. The van der Waals surface area contributed by atoms with Gasteiger partial charge in [-0.15, -0.1) is 11.3 Å². The molecule has 2 N–H and O–H groups in total. The summed E-state index contributed by atoms with van der Waals surface area (Å²) in [4.78, 5) is 23.5. The van der Waals surface area contributed by atoms with Gasteiger partial charge in [0.25, 0.3) is 5.91 Å². The second-order valence-corrected chi connectivity index (χ2v) is 7.86. The lowest BCUT2D eigenvalue weighted by molar-refractivity contribution is -0.136. The second kappa shape index (κ2) is 6.62. The molecule has 0 bridgehead atoms. The highest BCUT2D eigenvalue weighted by Crippen LogP contribution is 2.39. The highest BCUT2D eigenvalue weighted by Gasteiger charge is 2.34. The Balaban J connectivity index is 2.44. The van der Waals surface area contributed by atoms with Gasteiger partial charge in [-0.3, -0.25) is 4.79 Å². The summed E-state index contributed by atoms with van der Waals surface area (Å²) in [6, 6.07) is 4.45. The van der Waals surface area contributed by atoms with Gasteiger partial charge in [-0.1, -0.05) is 12.1 Å². The van der Waals surface area contributed by atoms with E-state index in [1.807, 2.05) is 0 Å². The van der Waals surface area contributed by atoms with Crippen LogP contribution in [0, 0.1) is 0 Å². The molecule has 0 aliphatic carbocycles. The molecule has 122 valence electrons. The number of aromatic carboxylic acids is 1. The molecule has 23 heavy (non-hydrogen) atoms. The van der Waals surface area contributed by atoms with Gasteiger partial charge in [0.2, 0.25) is 0 Å². The molecule has 1 heterocycles. The monoisotopic (exact) mass is 471 g/mol. The van der Waals surface area contributed by atoms with Crippen LogP contribution in [0.4, 0.5) is 18.9 Å². The third kappa shape index (κ3) is 3.75. The van der Waals surface area contributed by atoms with E-state index in [2.05, 4.69) is 37.2 Å². The Kier molecular flexibility index (Phi) is 5.17. The van der Waals surface area contributed by atoms with Gasteiger partial charge in [0, 0.05) is 0 Å². The number of rotatable bonds is 3. The van der Waals surface area contributed by atoms with Crippen molar-refractivity contribution in [1.82, 2.24) is 0 Å². The van der Waals surface area contributed by atoms with Crippen LogP contribution in [-0.2, 0) is 6.18 Å². The number of hydrogen-bond donors (Lipinski definition) is 2. The van der Waals surface area contributed by atoms with E-state index in [4.69, 9.17) is 5.11 Å². The standard InChI is InChI=1S/C13H6Br2F3NO3S/c14-9-7(8(12(21)22)10(15)23-9)11(20)19-6-4-2-1-3-5(6)13(16,17)18/h1-4H,(H,19,20)(H,21,22). The molecule has 0 atom stereocenters. The third-order valence-corrected chi connectivity index (χ3v) is 5.27. The average molecular weight is 473 g/mol.